The number of likely N-dealkylation sites (tertiary alicyclic amines) is 1. The van der Waals surface area contributed by atoms with Gasteiger partial charge in [0.2, 0.25) is 0 Å². The van der Waals surface area contributed by atoms with Gasteiger partial charge in [0.1, 0.15) is 6.61 Å². The summed E-state index contributed by atoms with van der Waals surface area (Å²) in [6.45, 7) is 2.93. The summed E-state index contributed by atoms with van der Waals surface area (Å²) in [6, 6.07) is 8.92. The van der Waals surface area contributed by atoms with Gasteiger partial charge in [-0.2, -0.15) is 0 Å². The highest BCUT2D eigenvalue weighted by Crippen LogP contribution is 2.22. The number of nitrogens with two attached hydrogens (primary N) is 1. The molecule has 0 aliphatic carbocycles. The van der Waals surface area contributed by atoms with E-state index in [2.05, 4.69) is 0 Å². The molecule has 6 heteroatoms. The average molecular weight is 334 g/mol. The van der Waals surface area contributed by atoms with E-state index in [1.165, 1.54) is 0 Å². The number of carbonyl (C=O) groups excluding carboxylic acids is 2. The van der Waals surface area contributed by atoms with Crippen LogP contribution in [0.25, 0.3) is 0 Å². The number of hydrogen-bond acceptors (Lipinski definition) is 5. The molecule has 1 heterocycles. The van der Waals surface area contributed by atoms with E-state index < -0.39 is 6.04 Å². The highest BCUT2D eigenvalue weighted by Gasteiger charge is 2.33. The van der Waals surface area contributed by atoms with E-state index in [-0.39, 0.29) is 31.1 Å². The minimum absolute atomic E-state index is 0.112. The zero-order chi connectivity index (χ0) is 17.4. The van der Waals surface area contributed by atoms with Crippen molar-refractivity contribution in [1.29, 1.82) is 0 Å². The first-order valence-corrected chi connectivity index (χ1v) is 8.50. The monoisotopic (exact) mass is 334 g/mol. The molecule has 1 amide bonds. The van der Waals surface area contributed by atoms with Crippen molar-refractivity contribution in [3.63, 3.8) is 0 Å². The Kier molecular flexibility index (Phi) is 7.06. The summed E-state index contributed by atoms with van der Waals surface area (Å²) < 4.78 is 10.4. The van der Waals surface area contributed by atoms with Crippen molar-refractivity contribution in [1.82, 2.24) is 4.90 Å². The van der Waals surface area contributed by atoms with E-state index in [1.54, 1.807) is 11.8 Å². The van der Waals surface area contributed by atoms with Crippen LogP contribution in [0.3, 0.4) is 0 Å². The van der Waals surface area contributed by atoms with E-state index in [0.717, 1.165) is 24.8 Å². The van der Waals surface area contributed by atoms with Crippen LogP contribution in [0.5, 0.6) is 0 Å². The van der Waals surface area contributed by atoms with Gasteiger partial charge < -0.3 is 20.1 Å². The number of rotatable bonds is 6. The highest BCUT2D eigenvalue weighted by molar-refractivity contribution is 5.71. The molecule has 0 aromatic heterocycles. The van der Waals surface area contributed by atoms with E-state index in [9.17, 15) is 9.59 Å². The molecule has 1 aliphatic rings. The van der Waals surface area contributed by atoms with Crippen LogP contribution in [-0.2, 0) is 20.9 Å². The first kappa shape index (κ1) is 18.3. The molecule has 0 saturated carbocycles. The number of piperidine rings is 1. The van der Waals surface area contributed by atoms with E-state index in [0.29, 0.717) is 13.2 Å². The smallest absolute Gasteiger partial charge is 0.410 e. The lowest BCUT2D eigenvalue weighted by Gasteiger charge is -2.38. The Labute approximate surface area is 142 Å². The summed E-state index contributed by atoms with van der Waals surface area (Å²) in [5.74, 6) is -0.326. The quantitative estimate of drug-likeness (QED) is 0.808. The van der Waals surface area contributed by atoms with Gasteiger partial charge in [0.25, 0.3) is 0 Å². The van der Waals surface area contributed by atoms with Gasteiger partial charge in [-0.25, -0.2) is 4.79 Å². The van der Waals surface area contributed by atoms with E-state index in [4.69, 9.17) is 15.2 Å². The molecule has 1 aliphatic heterocycles. The van der Waals surface area contributed by atoms with Crippen molar-refractivity contribution in [2.75, 3.05) is 13.2 Å². The SMILES string of the molecule is CCOC(=O)C[C@@H](N)[C@@H]1CCCCN1C(=O)OCc1ccccc1. The summed E-state index contributed by atoms with van der Waals surface area (Å²) in [4.78, 5) is 25.7. The minimum atomic E-state index is -0.436. The van der Waals surface area contributed by atoms with Crippen LogP contribution in [0.15, 0.2) is 30.3 Å². The maximum Gasteiger partial charge on any atom is 0.410 e. The van der Waals surface area contributed by atoms with E-state index in [1.807, 2.05) is 30.3 Å². The van der Waals surface area contributed by atoms with Crippen molar-refractivity contribution in [3.8, 4) is 0 Å². The molecule has 0 radical (unpaired) electrons. The molecule has 132 valence electrons. The average Bonchev–Trinajstić information content (AvgIpc) is 2.60. The second-order valence-electron chi connectivity index (χ2n) is 5.97. The Balaban J connectivity index is 1.92. The topological polar surface area (TPSA) is 81.9 Å². The lowest BCUT2D eigenvalue weighted by molar-refractivity contribution is -0.143. The third-order valence-corrected chi connectivity index (χ3v) is 4.19. The predicted molar refractivity (Wildman–Crippen MR) is 90.2 cm³/mol. The zero-order valence-corrected chi connectivity index (χ0v) is 14.1. The van der Waals surface area contributed by atoms with Crippen LogP contribution in [0.1, 0.15) is 38.2 Å². The largest absolute Gasteiger partial charge is 0.466 e. The number of amides is 1. The summed E-state index contributed by atoms with van der Waals surface area (Å²) in [5.41, 5.74) is 7.10. The van der Waals surface area contributed by atoms with Crippen molar-refractivity contribution in [2.24, 2.45) is 5.73 Å². The molecule has 1 saturated heterocycles. The number of nitrogens with zero attached hydrogens (tertiary/aromatic N) is 1. The van der Waals surface area contributed by atoms with Gasteiger partial charge in [-0.05, 0) is 31.7 Å². The molecule has 6 nitrogen and oxygen atoms in total. The molecular formula is C18H26N2O4. The number of benzene rings is 1. The third kappa shape index (κ3) is 5.23. The minimum Gasteiger partial charge on any atom is -0.466 e. The first-order valence-electron chi connectivity index (χ1n) is 8.50. The van der Waals surface area contributed by atoms with Crippen molar-refractivity contribution >= 4 is 12.1 Å². The van der Waals surface area contributed by atoms with Gasteiger partial charge in [0.15, 0.2) is 0 Å². The first-order chi connectivity index (χ1) is 11.6. The molecular weight excluding hydrogens is 308 g/mol. The second-order valence-corrected chi connectivity index (χ2v) is 5.97. The number of esters is 1. The molecule has 1 aromatic carbocycles. The van der Waals surface area contributed by atoms with Crippen LogP contribution in [-0.4, -0.2) is 42.2 Å². The molecule has 0 spiro atoms. The molecule has 0 unspecified atom stereocenters. The second kappa shape index (κ2) is 9.27. The Bertz CT molecular complexity index is 535. The summed E-state index contributed by atoms with van der Waals surface area (Å²) in [7, 11) is 0. The molecule has 2 N–H and O–H groups in total. The Morgan fingerprint density at radius 2 is 2.00 bits per heavy atom. The molecule has 2 rings (SSSR count). The fourth-order valence-corrected chi connectivity index (χ4v) is 2.98. The fourth-order valence-electron chi connectivity index (χ4n) is 2.98. The maximum absolute atomic E-state index is 12.4. The van der Waals surface area contributed by atoms with Gasteiger partial charge in [-0.3, -0.25) is 4.79 Å². The fraction of sp³-hybridized carbons (Fsp3) is 0.556. The Morgan fingerprint density at radius 1 is 1.25 bits per heavy atom. The molecule has 0 bridgehead atoms. The van der Waals surface area contributed by atoms with Crippen molar-refractivity contribution < 1.29 is 19.1 Å². The number of carbonyl (C=O) groups is 2. The Morgan fingerprint density at radius 3 is 2.71 bits per heavy atom. The predicted octanol–water partition coefficient (Wildman–Crippen LogP) is 2.46. The van der Waals surface area contributed by atoms with Gasteiger partial charge in [-0.15, -0.1) is 0 Å². The molecule has 2 atom stereocenters. The van der Waals surface area contributed by atoms with Crippen molar-refractivity contribution in [3.05, 3.63) is 35.9 Å². The summed E-state index contributed by atoms with van der Waals surface area (Å²) in [6.07, 6.45) is 2.43. The molecule has 24 heavy (non-hydrogen) atoms. The molecule has 1 fully saturated rings. The summed E-state index contributed by atoms with van der Waals surface area (Å²) in [5, 5.41) is 0. The Hall–Kier alpha value is -2.08. The lowest BCUT2D eigenvalue weighted by atomic mass is 9.94. The van der Waals surface area contributed by atoms with Crippen LogP contribution < -0.4 is 5.73 Å². The van der Waals surface area contributed by atoms with Gasteiger partial charge in [0.05, 0.1) is 19.1 Å². The maximum atomic E-state index is 12.4. The van der Waals surface area contributed by atoms with Crippen LogP contribution in [0.4, 0.5) is 4.79 Å². The van der Waals surface area contributed by atoms with Crippen LogP contribution in [0.2, 0.25) is 0 Å². The standard InChI is InChI=1S/C18H26N2O4/c1-2-23-17(21)12-15(19)16-10-6-7-11-20(16)18(22)24-13-14-8-4-3-5-9-14/h3-5,8-9,15-16H,2,6-7,10-13,19H2,1H3/t15-,16+/m1/s1. The van der Waals surface area contributed by atoms with Crippen molar-refractivity contribution in [2.45, 2.75) is 51.3 Å². The number of ether oxygens (including phenoxy) is 2. The lowest BCUT2D eigenvalue weighted by Crippen LogP contribution is -2.53. The zero-order valence-electron chi connectivity index (χ0n) is 14.1. The molecule has 1 aromatic rings. The summed E-state index contributed by atoms with van der Waals surface area (Å²) >= 11 is 0. The van der Waals surface area contributed by atoms with Gasteiger partial charge >= 0.3 is 12.1 Å². The van der Waals surface area contributed by atoms with Crippen LogP contribution >= 0.6 is 0 Å². The highest BCUT2D eigenvalue weighted by atomic mass is 16.6. The normalized spacial score (nSPS) is 18.8. The van der Waals surface area contributed by atoms with Gasteiger partial charge in [-0.1, -0.05) is 30.3 Å². The van der Waals surface area contributed by atoms with Gasteiger partial charge in [0, 0.05) is 12.6 Å². The number of hydrogen-bond donors (Lipinski definition) is 1. The van der Waals surface area contributed by atoms with Crippen LogP contribution in [0, 0.1) is 0 Å². The van der Waals surface area contributed by atoms with E-state index >= 15 is 0 Å². The third-order valence-electron chi connectivity index (χ3n) is 4.19.